The van der Waals surface area contributed by atoms with Crippen molar-refractivity contribution in [2.75, 3.05) is 0 Å². The highest BCUT2D eigenvalue weighted by atomic mass is 19.2. The Kier molecular flexibility index (Phi) is 8.73. The third kappa shape index (κ3) is 5.82. The fourth-order valence-electron chi connectivity index (χ4n) is 7.34. The molecule has 298 valence electrons. The predicted molar refractivity (Wildman–Crippen MR) is 207 cm³/mol. The lowest BCUT2D eigenvalue weighted by Crippen LogP contribution is -1.97. The first-order valence-electron chi connectivity index (χ1n) is 17.6. The van der Waals surface area contributed by atoms with E-state index >= 15 is 35.1 Å². The maximum atomic E-state index is 15.9. The molecule has 8 bridgehead atoms. The molecule has 0 fully saturated rings. The smallest absolute Gasteiger partial charge is 0.175 e. The van der Waals surface area contributed by atoms with Crippen LogP contribution in [0.5, 0.6) is 23.0 Å². The van der Waals surface area contributed by atoms with Crippen molar-refractivity contribution in [2.45, 2.75) is 0 Å². The number of hydrogen-bond donors (Lipinski definition) is 6. The molecule has 2 aliphatic heterocycles. The van der Waals surface area contributed by atoms with Gasteiger partial charge in [-0.1, -0.05) is 0 Å². The van der Waals surface area contributed by atoms with Crippen LogP contribution >= 0.6 is 0 Å². The Balaban J connectivity index is 1.56. The molecule has 0 atom stereocenters. The quantitative estimate of drug-likeness (QED) is 0.0978. The molecule has 9 rings (SSSR count). The van der Waals surface area contributed by atoms with Gasteiger partial charge in [-0.3, -0.25) is 0 Å². The van der Waals surface area contributed by atoms with E-state index in [0.717, 1.165) is 48.5 Å². The van der Waals surface area contributed by atoms with Gasteiger partial charge in [0.2, 0.25) is 0 Å². The Morgan fingerprint density at radius 3 is 0.733 bits per heavy atom. The molecule has 0 unspecified atom stereocenters. The fraction of sp³-hybridized carbons (Fsp3) is 0. The minimum Gasteiger partial charge on any atom is -0.505 e. The number of benzene rings is 4. The molecule has 0 radical (unpaired) electrons. The summed E-state index contributed by atoms with van der Waals surface area (Å²) in [6, 6.07) is 11.1. The molecule has 7 aromatic rings. The number of nitrogens with zero attached hydrogens (tertiary/aromatic N) is 2. The van der Waals surface area contributed by atoms with Crippen LogP contribution in [0.4, 0.5) is 35.1 Å². The van der Waals surface area contributed by atoms with Gasteiger partial charge in [0, 0.05) is 44.3 Å². The zero-order chi connectivity index (χ0) is 42.3. The molecule has 60 heavy (non-hydrogen) atoms. The largest absolute Gasteiger partial charge is 0.505 e. The number of halogens is 8. The highest BCUT2D eigenvalue weighted by Crippen LogP contribution is 2.44. The number of hydrogen-bond acceptors (Lipinski definition) is 6. The number of phenolic OH excluding ortho intramolecular Hbond substituents is 4. The van der Waals surface area contributed by atoms with E-state index in [0.29, 0.717) is 0 Å². The lowest BCUT2D eigenvalue weighted by atomic mass is 10.0. The zero-order valence-corrected chi connectivity index (χ0v) is 29.9. The monoisotopic (exact) mass is 822 g/mol. The minimum absolute atomic E-state index is 0.190. The topological polar surface area (TPSA) is 138 Å². The molecule has 6 N–H and O–H groups in total. The van der Waals surface area contributed by atoms with Crippen molar-refractivity contribution in [1.29, 1.82) is 0 Å². The molecule has 2 aliphatic rings. The minimum atomic E-state index is -1.45. The summed E-state index contributed by atoms with van der Waals surface area (Å²) in [7, 11) is 0. The van der Waals surface area contributed by atoms with Gasteiger partial charge in [-0.15, -0.1) is 0 Å². The van der Waals surface area contributed by atoms with Crippen LogP contribution in [-0.4, -0.2) is 40.4 Å². The van der Waals surface area contributed by atoms with Crippen LogP contribution in [0.1, 0.15) is 22.8 Å². The van der Waals surface area contributed by atoms with Gasteiger partial charge in [0.1, 0.15) is 23.3 Å². The summed E-state index contributed by atoms with van der Waals surface area (Å²) in [6.07, 6.45) is 4.86. The molecule has 16 heteroatoms. The Labute approximate surface area is 331 Å². The third-order valence-electron chi connectivity index (χ3n) is 10.0. The van der Waals surface area contributed by atoms with Crippen LogP contribution in [-0.2, 0) is 0 Å². The summed E-state index contributed by atoms with van der Waals surface area (Å²) >= 11 is 0. The molecular weight excluding hydrogens is 800 g/mol. The van der Waals surface area contributed by atoms with E-state index in [9.17, 15) is 20.4 Å². The molecule has 5 heterocycles. The average Bonchev–Trinajstić information content (AvgIpc) is 4.07. The van der Waals surface area contributed by atoms with Crippen molar-refractivity contribution in [1.82, 2.24) is 19.9 Å². The van der Waals surface area contributed by atoms with Gasteiger partial charge in [0.05, 0.1) is 45.0 Å². The summed E-state index contributed by atoms with van der Waals surface area (Å²) < 4.78 is 127. The van der Waals surface area contributed by atoms with E-state index in [1.807, 2.05) is 0 Å². The summed E-state index contributed by atoms with van der Waals surface area (Å²) in [6.45, 7) is 0. The lowest BCUT2D eigenvalue weighted by molar-refractivity contribution is 0.429. The van der Waals surface area contributed by atoms with E-state index in [1.165, 1.54) is 48.6 Å². The molecule has 0 aliphatic carbocycles. The Hall–Kier alpha value is -7.88. The third-order valence-corrected chi connectivity index (χ3v) is 10.0. The molecule has 8 nitrogen and oxygen atoms in total. The lowest BCUT2D eigenvalue weighted by Gasteiger charge is -2.11. The van der Waals surface area contributed by atoms with Crippen molar-refractivity contribution < 1.29 is 55.5 Å². The molecule has 4 aromatic carbocycles. The van der Waals surface area contributed by atoms with Crippen LogP contribution in [0.2, 0.25) is 0 Å². The van der Waals surface area contributed by atoms with Gasteiger partial charge < -0.3 is 30.4 Å². The second kappa shape index (κ2) is 13.9. The van der Waals surface area contributed by atoms with Crippen LogP contribution in [0.3, 0.4) is 0 Å². The molecule has 3 aromatic heterocycles. The zero-order valence-electron chi connectivity index (χ0n) is 29.9. The van der Waals surface area contributed by atoms with Crippen LogP contribution in [0, 0.1) is 46.5 Å². The number of H-pyrrole nitrogens is 2. The summed E-state index contributed by atoms with van der Waals surface area (Å²) in [5.41, 5.74) is -6.82. The van der Waals surface area contributed by atoms with Crippen molar-refractivity contribution in [3.63, 3.8) is 0 Å². The summed E-state index contributed by atoms with van der Waals surface area (Å²) in [5, 5.41) is 41.5. The summed E-state index contributed by atoms with van der Waals surface area (Å²) in [4.78, 5) is 14.8. The molecule has 0 spiro atoms. The number of aromatic hydroxyl groups is 4. The van der Waals surface area contributed by atoms with Crippen molar-refractivity contribution in [2.24, 2.45) is 0 Å². The van der Waals surface area contributed by atoms with E-state index in [1.54, 1.807) is 0 Å². The number of aromatic amines is 2. The van der Waals surface area contributed by atoms with Crippen molar-refractivity contribution >= 4 is 46.4 Å². The van der Waals surface area contributed by atoms with Gasteiger partial charge in [-0.05, 0) is 97.1 Å². The van der Waals surface area contributed by atoms with Crippen LogP contribution in [0.15, 0.2) is 72.8 Å². The fourth-order valence-corrected chi connectivity index (χ4v) is 7.34. The molecule has 0 amide bonds. The molecule has 0 saturated carbocycles. The number of rotatable bonds is 4. The van der Waals surface area contributed by atoms with Gasteiger partial charge >= 0.3 is 0 Å². The Morgan fingerprint density at radius 2 is 0.517 bits per heavy atom. The second-order valence-corrected chi connectivity index (χ2v) is 13.5. The average molecular weight is 823 g/mol. The maximum absolute atomic E-state index is 15.9. The first-order valence-corrected chi connectivity index (χ1v) is 17.6. The highest BCUT2D eigenvalue weighted by Gasteiger charge is 2.28. The number of nitrogens with one attached hydrogen (secondary N) is 2. The van der Waals surface area contributed by atoms with Gasteiger partial charge in [-0.25, -0.2) is 45.1 Å². The van der Waals surface area contributed by atoms with Gasteiger partial charge in [0.15, 0.2) is 46.3 Å². The SMILES string of the molecule is Oc1ccc(F)c(-c2c3nc(c(-c4c(F)ccc(O)c4F)c4ccc([nH]4)c(-c4c(F)ccc(O)c4F)c4nc(c(-c5c(F)ccc(O)c5F)c5ccc2[nH]5)C=C4)C=C3)c1F. The molecule has 0 saturated heterocycles. The standard InChI is InChI=1S/C44H22F8N4O4/c45-17-1-13-29(57)41(49)33(17)37-21-5-7-23(53-21)38(34-18(46)2-14-30(58)42(34)50)25-9-11-27(55-25)40(36-20(48)4-16-32(60)44(36)52)28-12-10-26(56-28)39(24-8-6-22(37)54-24)35-19(47)3-15-31(59)43(35)51/h1-16,53,56-60H. The number of phenols is 4. The predicted octanol–water partition coefficient (Wildman–Crippen LogP) is 11.3. The number of fused-ring (bicyclic) bond motifs is 8. The van der Waals surface area contributed by atoms with E-state index in [4.69, 9.17) is 0 Å². The first kappa shape index (κ1) is 37.7. The van der Waals surface area contributed by atoms with Crippen molar-refractivity contribution in [3.8, 4) is 67.5 Å². The summed E-state index contributed by atoms with van der Waals surface area (Å²) in [5.74, 6) is -14.5. The Morgan fingerprint density at radius 1 is 0.300 bits per heavy atom. The Bertz CT molecular complexity index is 2850. The van der Waals surface area contributed by atoms with Crippen LogP contribution in [0.25, 0.3) is 90.9 Å². The maximum Gasteiger partial charge on any atom is 0.175 e. The normalized spacial score (nSPS) is 12.1. The first-order chi connectivity index (χ1) is 28.7. The highest BCUT2D eigenvalue weighted by molar-refractivity contribution is 6.00. The van der Waals surface area contributed by atoms with Gasteiger partial charge in [0.25, 0.3) is 0 Å². The van der Waals surface area contributed by atoms with E-state index in [2.05, 4.69) is 19.9 Å². The van der Waals surface area contributed by atoms with E-state index in [-0.39, 0.29) is 44.8 Å². The number of aromatic nitrogens is 4. The second-order valence-electron chi connectivity index (χ2n) is 13.5. The molecular formula is C44H22F8N4O4. The van der Waals surface area contributed by atoms with Crippen molar-refractivity contribution in [3.05, 3.63) is 142 Å². The van der Waals surface area contributed by atoms with E-state index < -0.39 is 114 Å². The van der Waals surface area contributed by atoms with Gasteiger partial charge in [-0.2, -0.15) is 0 Å². The van der Waals surface area contributed by atoms with Crippen LogP contribution < -0.4 is 0 Å².